The van der Waals surface area contributed by atoms with Gasteiger partial charge in [0.25, 0.3) is 0 Å². The topological polar surface area (TPSA) is 51.6 Å². The first-order valence-corrected chi connectivity index (χ1v) is 6.06. The fourth-order valence-electron chi connectivity index (χ4n) is 1.82. The van der Waals surface area contributed by atoms with Gasteiger partial charge in [-0.05, 0) is 25.1 Å². The van der Waals surface area contributed by atoms with Crippen LogP contribution >= 0.6 is 0 Å². The molecule has 1 heterocycles. The quantitative estimate of drug-likeness (QED) is 0.896. The number of para-hydroxylation sites is 1. The molecule has 4 heteroatoms. The van der Waals surface area contributed by atoms with Gasteiger partial charge in [-0.25, -0.2) is 0 Å². The summed E-state index contributed by atoms with van der Waals surface area (Å²) in [6.45, 7) is 2.12. The molecule has 0 radical (unpaired) electrons. The minimum Gasteiger partial charge on any atom is -0.496 e. The Morgan fingerprint density at radius 2 is 1.89 bits per heavy atom. The van der Waals surface area contributed by atoms with Crippen LogP contribution in [0.15, 0.2) is 36.4 Å². The smallest absolute Gasteiger partial charge is 0.143 e. The van der Waals surface area contributed by atoms with Crippen molar-refractivity contribution in [3.63, 3.8) is 0 Å². The van der Waals surface area contributed by atoms with Gasteiger partial charge >= 0.3 is 0 Å². The average Bonchev–Trinajstić information content (AvgIpc) is 2.46. The third-order valence-corrected chi connectivity index (χ3v) is 2.80. The van der Waals surface area contributed by atoms with E-state index in [4.69, 9.17) is 9.47 Å². The predicted octanol–water partition coefficient (Wildman–Crippen LogP) is 2.47. The molecule has 0 atom stereocenters. The van der Waals surface area contributed by atoms with E-state index in [-0.39, 0.29) is 6.61 Å². The Kier molecular flexibility index (Phi) is 4.36. The Morgan fingerprint density at radius 1 is 1.11 bits per heavy atom. The van der Waals surface area contributed by atoms with Crippen LogP contribution in [0.25, 0.3) is 0 Å². The first kappa shape index (κ1) is 13.4. The normalized spacial score (nSPS) is 10.3. The van der Waals surface area contributed by atoms with Crippen molar-refractivity contribution < 1.29 is 14.6 Å². The standard InChI is InChI=1S/C15H17NO3/c1-11-7-8-15(13(9-17)16-11)19-10-12-5-3-4-6-14(12)18-2/h3-8,17H,9-10H2,1-2H3. The minimum absolute atomic E-state index is 0.136. The zero-order valence-corrected chi connectivity index (χ0v) is 11.1. The number of ether oxygens (including phenoxy) is 2. The van der Waals surface area contributed by atoms with Gasteiger partial charge in [0.15, 0.2) is 0 Å². The van der Waals surface area contributed by atoms with Crippen LogP contribution in [-0.2, 0) is 13.2 Å². The summed E-state index contributed by atoms with van der Waals surface area (Å²) in [5.41, 5.74) is 2.36. The van der Waals surface area contributed by atoms with Gasteiger partial charge in [0.1, 0.15) is 23.8 Å². The van der Waals surface area contributed by atoms with Crippen LogP contribution in [0.1, 0.15) is 17.0 Å². The van der Waals surface area contributed by atoms with Crippen molar-refractivity contribution in [1.82, 2.24) is 4.98 Å². The largest absolute Gasteiger partial charge is 0.496 e. The number of hydrogen-bond donors (Lipinski definition) is 1. The van der Waals surface area contributed by atoms with Crippen molar-refractivity contribution in [2.24, 2.45) is 0 Å². The van der Waals surface area contributed by atoms with Crippen molar-refractivity contribution in [3.8, 4) is 11.5 Å². The number of hydrogen-bond acceptors (Lipinski definition) is 4. The van der Waals surface area contributed by atoms with Crippen LogP contribution in [0, 0.1) is 6.92 Å². The van der Waals surface area contributed by atoms with Crippen molar-refractivity contribution in [1.29, 1.82) is 0 Å². The molecular weight excluding hydrogens is 242 g/mol. The molecule has 0 amide bonds. The number of aliphatic hydroxyl groups excluding tert-OH is 1. The highest BCUT2D eigenvalue weighted by molar-refractivity contribution is 5.34. The molecule has 0 spiro atoms. The molecule has 0 aliphatic carbocycles. The van der Waals surface area contributed by atoms with Crippen LogP contribution in [0.2, 0.25) is 0 Å². The molecular formula is C15H17NO3. The Balaban J connectivity index is 2.14. The maximum absolute atomic E-state index is 9.27. The highest BCUT2D eigenvalue weighted by atomic mass is 16.5. The van der Waals surface area contributed by atoms with E-state index in [2.05, 4.69) is 4.98 Å². The molecule has 0 aliphatic heterocycles. The summed E-state index contributed by atoms with van der Waals surface area (Å²) in [5, 5.41) is 9.27. The molecule has 2 rings (SSSR count). The lowest BCUT2D eigenvalue weighted by molar-refractivity contribution is 0.251. The summed E-state index contributed by atoms with van der Waals surface area (Å²) in [6.07, 6.45) is 0. The Hall–Kier alpha value is -2.07. The van der Waals surface area contributed by atoms with Crippen LogP contribution in [0.4, 0.5) is 0 Å². The molecule has 1 N–H and O–H groups in total. The minimum atomic E-state index is -0.136. The first-order chi connectivity index (χ1) is 9.24. The van der Waals surface area contributed by atoms with E-state index in [1.54, 1.807) is 7.11 Å². The number of rotatable bonds is 5. The number of methoxy groups -OCH3 is 1. The number of benzene rings is 1. The van der Waals surface area contributed by atoms with Gasteiger partial charge in [0.05, 0.1) is 13.7 Å². The molecule has 0 fully saturated rings. The van der Waals surface area contributed by atoms with E-state index in [1.165, 1.54) is 0 Å². The maximum Gasteiger partial charge on any atom is 0.143 e. The lowest BCUT2D eigenvalue weighted by atomic mass is 10.2. The van der Waals surface area contributed by atoms with Crippen molar-refractivity contribution in [2.45, 2.75) is 20.1 Å². The summed E-state index contributed by atoms with van der Waals surface area (Å²) in [7, 11) is 1.63. The average molecular weight is 259 g/mol. The number of aliphatic hydroxyl groups is 1. The summed E-state index contributed by atoms with van der Waals surface area (Å²) in [4.78, 5) is 4.24. The van der Waals surface area contributed by atoms with E-state index in [0.29, 0.717) is 18.1 Å². The highest BCUT2D eigenvalue weighted by Crippen LogP contribution is 2.22. The highest BCUT2D eigenvalue weighted by Gasteiger charge is 2.07. The van der Waals surface area contributed by atoms with Crippen LogP contribution in [0.5, 0.6) is 11.5 Å². The zero-order valence-electron chi connectivity index (χ0n) is 11.1. The summed E-state index contributed by atoms with van der Waals surface area (Å²) < 4.78 is 11.0. The molecule has 100 valence electrons. The number of aromatic nitrogens is 1. The van der Waals surface area contributed by atoms with Crippen LogP contribution < -0.4 is 9.47 Å². The third-order valence-electron chi connectivity index (χ3n) is 2.80. The van der Waals surface area contributed by atoms with Gasteiger partial charge in [-0.15, -0.1) is 0 Å². The SMILES string of the molecule is COc1ccccc1COc1ccc(C)nc1CO. The molecule has 0 aliphatic rings. The van der Waals surface area contributed by atoms with Gasteiger partial charge < -0.3 is 14.6 Å². The Bertz CT molecular complexity index is 555. The van der Waals surface area contributed by atoms with Crippen LogP contribution in [0.3, 0.4) is 0 Å². The molecule has 1 aromatic carbocycles. The second kappa shape index (κ2) is 6.20. The van der Waals surface area contributed by atoms with Gasteiger partial charge in [-0.1, -0.05) is 18.2 Å². The summed E-state index contributed by atoms with van der Waals surface area (Å²) >= 11 is 0. The number of nitrogens with zero attached hydrogens (tertiary/aromatic N) is 1. The second-order valence-corrected chi connectivity index (χ2v) is 4.16. The lowest BCUT2D eigenvalue weighted by Gasteiger charge is -2.12. The predicted molar refractivity (Wildman–Crippen MR) is 72.2 cm³/mol. The molecule has 0 bridgehead atoms. The molecule has 0 saturated heterocycles. The van der Waals surface area contributed by atoms with E-state index in [0.717, 1.165) is 17.0 Å². The maximum atomic E-state index is 9.27. The van der Waals surface area contributed by atoms with E-state index >= 15 is 0 Å². The van der Waals surface area contributed by atoms with Gasteiger partial charge in [-0.3, -0.25) is 4.98 Å². The Morgan fingerprint density at radius 3 is 2.63 bits per heavy atom. The Labute approximate surface area is 112 Å². The second-order valence-electron chi connectivity index (χ2n) is 4.16. The summed E-state index contributed by atoms with van der Waals surface area (Å²) in [5.74, 6) is 1.38. The van der Waals surface area contributed by atoms with E-state index in [1.807, 2.05) is 43.3 Å². The molecule has 19 heavy (non-hydrogen) atoms. The first-order valence-electron chi connectivity index (χ1n) is 6.06. The van der Waals surface area contributed by atoms with Crippen molar-refractivity contribution in [3.05, 3.63) is 53.3 Å². The number of pyridine rings is 1. The van der Waals surface area contributed by atoms with Gasteiger partial charge in [0, 0.05) is 11.3 Å². The zero-order chi connectivity index (χ0) is 13.7. The molecule has 2 aromatic rings. The van der Waals surface area contributed by atoms with E-state index < -0.39 is 0 Å². The molecule has 0 unspecified atom stereocenters. The number of aryl methyl sites for hydroxylation is 1. The van der Waals surface area contributed by atoms with Crippen molar-refractivity contribution >= 4 is 0 Å². The molecule has 1 aromatic heterocycles. The monoisotopic (exact) mass is 259 g/mol. The van der Waals surface area contributed by atoms with Gasteiger partial charge in [-0.2, -0.15) is 0 Å². The molecule has 0 saturated carbocycles. The molecule has 4 nitrogen and oxygen atoms in total. The van der Waals surface area contributed by atoms with E-state index in [9.17, 15) is 5.11 Å². The van der Waals surface area contributed by atoms with Crippen molar-refractivity contribution in [2.75, 3.05) is 7.11 Å². The van der Waals surface area contributed by atoms with Crippen LogP contribution in [-0.4, -0.2) is 17.2 Å². The third kappa shape index (κ3) is 3.23. The fraction of sp³-hybridized carbons (Fsp3) is 0.267. The fourth-order valence-corrected chi connectivity index (χ4v) is 1.82. The lowest BCUT2D eigenvalue weighted by Crippen LogP contribution is -2.02. The van der Waals surface area contributed by atoms with Gasteiger partial charge in [0.2, 0.25) is 0 Å². The summed E-state index contributed by atoms with van der Waals surface area (Å²) in [6, 6.07) is 11.4.